The topological polar surface area (TPSA) is 20.2 Å². The van der Waals surface area contributed by atoms with E-state index in [0.29, 0.717) is 11.8 Å². The number of rotatable bonds is 5. The molecular formula is C11H22O. The molecule has 1 N–H and O–H groups in total. The molecule has 0 heterocycles. The highest BCUT2D eigenvalue weighted by Crippen LogP contribution is 2.20. The maximum Gasteiger partial charge on any atom is 0.0625 e. The molecule has 0 aliphatic rings. The van der Waals surface area contributed by atoms with E-state index in [2.05, 4.69) is 27.4 Å². The van der Waals surface area contributed by atoms with Crippen LogP contribution in [-0.2, 0) is 0 Å². The van der Waals surface area contributed by atoms with Crippen LogP contribution in [0, 0.1) is 17.8 Å². The van der Waals surface area contributed by atoms with Crippen molar-refractivity contribution in [1.82, 2.24) is 0 Å². The van der Waals surface area contributed by atoms with Gasteiger partial charge < -0.3 is 5.11 Å². The molecule has 0 radical (unpaired) electrons. The van der Waals surface area contributed by atoms with Crippen molar-refractivity contribution in [2.24, 2.45) is 17.8 Å². The summed E-state index contributed by atoms with van der Waals surface area (Å²) in [6.07, 6.45) is 2.67. The summed E-state index contributed by atoms with van der Waals surface area (Å²) in [4.78, 5) is 0. The van der Waals surface area contributed by atoms with E-state index in [1.54, 1.807) is 0 Å². The number of aliphatic hydroxyl groups is 1. The smallest absolute Gasteiger partial charge is 0.0625 e. The Morgan fingerprint density at radius 2 is 1.75 bits per heavy atom. The van der Waals surface area contributed by atoms with Crippen molar-refractivity contribution in [2.75, 3.05) is 0 Å². The zero-order valence-corrected chi connectivity index (χ0v) is 8.75. The van der Waals surface area contributed by atoms with Gasteiger partial charge in [0.15, 0.2) is 0 Å². The van der Waals surface area contributed by atoms with Crippen molar-refractivity contribution in [1.29, 1.82) is 0 Å². The van der Waals surface area contributed by atoms with Gasteiger partial charge in [-0.2, -0.15) is 0 Å². The molecule has 0 aliphatic carbocycles. The molecule has 0 bridgehead atoms. The predicted octanol–water partition coefficient (Wildman–Crippen LogP) is 2.85. The van der Waals surface area contributed by atoms with Crippen molar-refractivity contribution < 1.29 is 5.11 Å². The highest BCUT2D eigenvalue weighted by atomic mass is 16.3. The number of aliphatic hydroxyl groups excluding tert-OH is 1. The predicted molar refractivity (Wildman–Crippen MR) is 54.0 cm³/mol. The fourth-order valence-corrected chi connectivity index (χ4v) is 1.54. The third-order valence-corrected chi connectivity index (χ3v) is 2.34. The van der Waals surface area contributed by atoms with Gasteiger partial charge >= 0.3 is 0 Å². The fourth-order valence-electron chi connectivity index (χ4n) is 1.54. The SMILES string of the molecule is C=C[C@@H](C)[C@H](O)[C@H](C)CC(C)C. The highest BCUT2D eigenvalue weighted by Gasteiger charge is 2.19. The van der Waals surface area contributed by atoms with Gasteiger partial charge in [0.2, 0.25) is 0 Å². The first-order valence-corrected chi connectivity index (χ1v) is 4.79. The Balaban J connectivity index is 3.91. The zero-order chi connectivity index (χ0) is 9.72. The molecule has 0 spiro atoms. The molecule has 72 valence electrons. The molecule has 1 heteroatoms. The number of hydrogen-bond acceptors (Lipinski definition) is 1. The van der Waals surface area contributed by atoms with Gasteiger partial charge in [0.1, 0.15) is 0 Å². The van der Waals surface area contributed by atoms with E-state index in [1.165, 1.54) is 0 Å². The molecular weight excluding hydrogens is 148 g/mol. The van der Waals surface area contributed by atoms with Crippen LogP contribution in [0.4, 0.5) is 0 Å². The lowest BCUT2D eigenvalue weighted by molar-refractivity contribution is 0.0731. The molecule has 0 saturated carbocycles. The lowest BCUT2D eigenvalue weighted by atomic mass is 9.87. The van der Waals surface area contributed by atoms with Gasteiger partial charge in [-0.15, -0.1) is 6.58 Å². The molecule has 0 aromatic heterocycles. The van der Waals surface area contributed by atoms with E-state index in [-0.39, 0.29) is 12.0 Å². The molecule has 0 unspecified atom stereocenters. The minimum Gasteiger partial charge on any atom is -0.392 e. The summed E-state index contributed by atoms with van der Waals surface area (Å²) in [5, 5.41) is 9.76. The summed E-state index contributed by atoms with van der Waals surface area (Å²) in [6.45, 7) is 12.2. The zero-order valence-electron chi connectivity index (χ0n) is 8.75. The lowest BCUT2D eigenvalue weighted by Gasteiger charge is -2.23. The maximum atomic E-state index is 9.76. The quantitative estimate of drug-likeness (QED) is 0.629. The monoisotopic (exact) mass is 170 g/mol. The summed E-state index contributed by atoms with van der Waals surface area (Å²) in [6, 6.07) is 0. The van der Waals surface area contributed by atoms with E-state index in [1.807, 2.05) is 13.0 Å². The molecule has 0 aliphatic heterocycles. The molecule has 0 aromatic carbocycles. The van der Waals surface area contributed by atoms with Gasteiger partial charge in [0.25, 0.3) is 0 Å². The summed E-state index contributed by atoms with van der Waals surface area (Å²) >= 11 is 0. The van der Waals surface area contributed by atoms with E-state index in [0.717, 1.165) is 6.42 Å². The first-order chi connectivity index (χ1) is 5.49. The molecule has 0 amide bonds. The van der Waals surface area contributed by atoms with Crippen molar-refractivity contribution in [3.05, 3.63) is 12.7 Å². The van der Waals surface area contributed by atoms with E-state index in [4.69, 9.17) is 0 Å². The largest absolute Gasteiger partial charge is 0.392 e. The van der Waals surface area contributed by atoms with Crippen LogP contribution < -0.4 is 0 Å². The second kappa shape index (κ2) is 5.36. The first kappa shape index (κ1) is 11.7. The average Bonchev–Trinajstić information content (AvgIpc) is 2.00. The number of hydrogen-bond donors (Lipinski definition) is 1. The van der Waals surface area contributed by atoms with Crippen molar-refractivity contribution >= 4 is 0 Å². The third-order valence-electron chi connectivity index (χ3n) is 2.34. The van der Waals surface area contributed by atoms with E-state index >= 15 is 0 Å². The third kappa shape index (κ3) is 3.91. The Labute approximate surface area is 76.5 Å². The van der Waals surface area contributed by atoms with Crippen LogP contribution in [0.2, 0.25) is 0 Å². The second-order valence-corrected chi connectivity index (χ2v) is 4.19. The Bertz CT molecular complexity index is 129. The minimum atomic E-state index is -0.232. The molecule has 3 atom stereocenters. The second-order valence-electron chi connectivity index (χ2n) is 4.19. The molecule has 12 heavy (non-hydrogen) atoms. The molecule has 0 rings (SSSR count). The average molecular weight is 170 g/mol. The van der Waals surface area contributed by atoms with Crippen molar-refractivity contribution in [3.8, 4) is 0 Å². The Morgan fingerprint density at radius 1 is 1.25 bits per heavy atom. The maximum absolute atomic E-state index is 9.76. The normalized spacial score (nSPS) is 18.8. The lowest BCUT2D eigenvalue weighted by Crippen LogP contribution is -2.25. The standard InChI is InChI=1S/C11H22O/c1-6-9(4)11(12)10(5)7-8(2)3/h6,8-12H,1,7H2,2-5H3/t9-,10-,11+/m1/s1. The van der Waals surface area contributed by atoms with Crippen LogP contribution in [0.3, 0.4) is 0 Å². The van der Waals surface area contributed by atoms with E-state index in [9.17, 15) is 5.11 Å². The van der Waals surface area contributed by atoms with Crippen LogP contribution in [-0.4, -0.2) is 11.2 Å². The molecule has 0 aromatic rings. The first-order valence-electron chi connectivity index (χ1n) is 4.79. The molecule has 0 saturated heterocycles. The van der Waals surface area contributed by atoms with Gasteiger partial charge in [-0.1, -0.05) is 33.8 Å². The minimum absolute atomic E-state index is 0.207. The Morgan fingerprint density at radius 3 is 2.08 bits per heavy atom. The van der Waals surface area contributed by atoms with Crippen LogP contribution in [0.5, 0.6) is 0 Å². The summed E-state index contributed by atoms with van der Waals surface area (Å²) in [5.41, 5.74) is 0. The van der Waals surface area contributed by atoms with Crippen LogP contribution >= 0.6 is 0 Å². The van der Waals surface area contributed by atoms with Crippen LogP contribution in [0.15, 0.2) is 12.7 Å². The van der Waals surface area contributed by atoms with Crippen LogP contribution in [0.25, 0.3) is 0 Å². The summed E-state index contributed by atoms with van der Waals surface area (Å²) < 4.78 is 0. The highest BCUT2D eigenvalue weighted by molar-refractivity contribution is 4.83. The summed E-state index contributed by atoms with van der Waals surface area (Å²) in [7, 11) is 0. The van der Waals surface area contributed by atoms with Crippen LogP contribution in [0.1, 0.15) is 34.1 Å². The van der Waals surface area contributed by atoms with Gasteiger partial charge in [-0.25, -0.2) is 0 Å². The van der Waals surface area contributed by atoms with Gasteiger partial charge in [0.05, 0.1) is 6.10 Å². The van der Waals surface area contributed by atoms with Crippen molar-refractivity contribution in [3.63, 3.8) is 0 Å². The Kier molecular flexibility index (Phi) is 5.23. The van der Waals surface area contributed by atoms with Crippen molar-refractivity contribution in [2.45, 2.75) is 40.2 Å². The summed E-state index contributed by atoms with van der Waals surface area (Å²) in [5.74, 6) is 1.24. The van der Waals surface area contributed by atoms with E-state index < -0.39 is 0 Å². The molecule has 1 nitrogen and oxygen atoms in total. The Hall–Kier alpha value is -0.300. The fraction of sp³-hybridized carbons (Fsp3) is 0.818. The van der Waals surface area contributed by atoms with Gasteiger partial charge in [-0.05, 0) is 24.2 Å². The van der Waals surface area contributed by atoms with Gasteiger partial charge in [0, 0.05) is 0 Å². The molecule has 0 fully saturated rings. The van der Waals surface area contributed by atoms with Gasteiger partial charge in [-0.3, -0.25) is 0 Å².